The summed E-state index contributed by atoms with van der Waals surface area (Å²) in [6, 6.07) is 11.2. The minimum Gasteiger partial charge on any atom is -0.493 e. The second-order valence-corrected chi connectivity index (χ2v) is 10.2. The molecule has 2 aliphatic heterocycles. The Morgan fingerprint density at radius 1 is 1.16 bits per heavy atom. The monoisotopic (exact) mass is 460 g/mol. The first-order chi connectivity index (χ1) is 14.8. The smallest absolute Gasteiger partial charge is 0.232 e. The van der Waals surface area contributed by atoms with Crippen molar-refractivity contribution in [3.63, 3.8) is 0 Å². The third-order valence-electron chi connectivity index (χ3n) is 5.15. The number of methoxy groups -OCH3 is 2. The molecule has 0 aromatic heterocycles. The number of hydrazone groups is 1. The molecule has 1 atom stereocenters. The molecule has 164 valence electrons. The Balaban J connectivity index is 1.53. The van der Waals surface area contributed by atoms with Crippen LogP contribution in [0.15, 0.2) is 46.5 Å². The van der Waals surface area contributed by atoms with Gasteiger partial charge in [-0.2, -0.15) is 5.10 Å². The number of aliphatic imine (C=N–C) groups is 1. The quantitative estimate of drug-likeness (QED) is 0.737. The first-order valence-corrected chi connectivity index (χ1v) is 12.5. The summed E-state index contributed by atoms with van der Waals surface area (Å²) in [5, 5.41) is 5.18. The molecule has 2 heterocycles. The van der Waals surface area contributed by atoms with Crippen molar-refractivity contribution in [3.05, 3.63) is 47.5 Å². The summed E-state index contributed by atoms with van der Waals surface area (Å²) >= 11 is 1.55. The van der Waals surface area contributed by atoms with Crippen LogP contribution in [-0.4, -0.2) is 51.6 Å². The molecule has 31 heavy (non-hydrogen) atoms. The summed E-state index contributed by atoms with van der Waals surface area (Å²) in [4.78, 5) is 4.59. The minimum atomic E-state index is -3.30. The Labute approximate surface area is 186 Å². The van der Waals surface area contributed by atoms with Crippen LogP contribution in [0.2, 0.25) is 0 Å². The highest BCUT2D eigenvalue weighted by Crippen LogP contribution is 2.35. The molecule has 1 unspecified atom stereocenters. The van der Waals surface area contributed by atoms with Gasteiger partial charge in [0.1, 0.15) is 0 Å². The molecule has 0 aliphatic carbocycles. The highest BCUT2D eigenvalue weighted by Gasteiger charge is 2.32. The molecular weight excluding hydrogens is 436 g/mol. The molecule has 10 heteroatoms. The van der Waals surface area contributed by atoms with Crippen molar-refractivity contribution in [1.29, 1.82) is 0 Å². The number of nitrogens with zero attached hydrogens (tertiary/aromatic N) is 3. The molecule has 0 fully saturated rings. The zero-order valence-corrected chi connectivity index (χ0v) is 19.4. The van der Waals surface area contributed by atoms with Crippen LogP contribution in [0.1, 0.15) is 18.1 Å². The van der Waals surface area contributed by atoms with Gasteiger partial charge in [-0.25, -0.2) is 13.4 Å². The van der Waals surface area contributed by atoms with Gasteiger partial charge in [0, 0.05) is 17.9 Å². The van der Waals surface area contributed by atoms with E-state index in [4.69, 9.17) is 9.47 Å². The zero-order chi connectivity index (χ0) is 22.2. The van der Waals surface area contributed by atoms with Gasteiger partial charge in [0.25, 0.3) is 0 Å². The Bertz CT molecular complexity index is 1180. The third kappa shape index (κ3) is 4.35. The number of benzene rings is 2. The van der Waals surface area contributed by atoms with E-state index in [-0.39, 0.29) is 6.04 Å². The van der Waals surface area contributed by atoms with Crippen molar-refractivity contribution in [3.8, 4) is 11.5 Å². The molecule has 1 N–H and O–H groups in total. The summed E-state index contributed by atoms with van der Waals surface area (Å²) in [5.74, 6) is 1.92. The number of rotatable bonds is 5. The van der Waals surface area contributed by atoms with Gasteiger partial charge < -0.3 is 9.47 Å². The van der Waals surface area contributed by atoms with E-state index < -0.39 is 10.0 Å². The highest BCUT2D eigenvalue weighted by molar-refractivity contribution is 8.14. The van der Waals surface area contributed by atoms with Crippen molar-refractivity contribution >= 4 is 44.0 Å². The molecule has 0 saturated heterocycles. The lowest BCUT2D eigenvalue weighted by atomic mass is 10.0. The average molecular weight is 461 g/mol. The number of amidine groups is 1. The molecular formula is C21H24N4O4S2. The number of thioether (sulfide) groups is 1. The van der Waals surface area contributed by atoms with Gasteiger partial charge in [0.2, 0.25) is 10.0 Å². The molecule has 2 aromatic rings. The Kier molecular flexibility index (Phi) is 5.85. The molecule has 0 amide bonds. The topological polar surface area (TPSA) is 92.6 Å². The van der Waals surface area contributed by atoms with Crippen LogP contribution in [-0.2, 0) is 16.4 Å². The molecule has 2 aromatic carbocycles. The van der Waals surface area contributed by atoms with E-state index in [1.807, 2.05) is 43.3 Å². The lowest BCUT2D eigenvalue weighted by Gasteiger charge is -2.22. The molecule has 0 radical (unpaired) electrons. The molecule has 0 spiro atoms. The van der Waals surface area contributed by atoms with Gasteiger partial charge in [-0.3, -0.25) is 9.73 Å². The van der Waals surface area contributed by atoms with Crippen molar-refractivity contribution in [2.75, 3.05) is 30.5 Å². The second-order valence-electron chi connectivity index (χ2n) is 7.37. The zero-order valence-electron chi connectivity index (χ0n) is 17.7. The van der Waals surface area contributed by atoms with Crippen molar-refractivity contribution in [2.45, 2.75) is 19.4 Å². The van der Waals surface area contributed by atoms with Crippen LogP contribution in [0.3, 0.4) is 0 Å². The maximum absolute atomic E-state index is 12.1. The van der Waals surface area contributed by atoms with E-state index in [2.05, 4.69) is 15.5 Å². The van der Waals surface area contributed by atoms with Crippen molar-refractivity contribution in [1.82, 2.24) is 5.43 Å². The fraction of sp³-hybridized carbons (Fsp3) is 0.333. The molecule has 4 rings (SSSR count). The van der Waals surface area contributed by atoms with Crippen LogP contribution in [0.5, 0.6) is 11.5 Å². The lowest BCUT2D eigenvalue weighted by molar-refractivity contribution is 0.355. The van der Waals surface area contributed by atoms with Gasteiger partial charge in [-0.15, -0.1) is 0 Å². The number of hydrogen-bond acceptors (Lipinski definition) is 7. The van der Waals surface area contributed by atoms with Gasteiger partial charge >= 0.3 is 0 Å². The van der Waals surface area contributed by atoms with Gasteiger partial charge in [-0.1, -0.05) is 17.8 Å². The number of sulfonamides is 1. The average Bonchev–Trinajstić information content (AvgIpc) is 3.09. The number of anilines is 1. The van der Waals surface area contributed by atoms with Crippen LogP contribution in [0.25, 0.3) is 0 Å². The number of hydrogen-bond donors (Lipinski definition) is 1. The number of ether oxygens (including phenoxy) is 2. The van der Waals surface area contributed by atoms with E-state index in [0.717, 1.165) is 28.2 Å². The molecule has 8 nitrogen and oxygen atoms in total. The van der Waals surface area contributed by atoms with Crippen molar-refractivity contribution in [2.24, 2.45) is 10.1 Å². The van der Waals surface area contributed by atoms with Crippen LogP contribution < -0.4 is 19.2 Å². The van der Waals surface area contributed by atoms with E-state index in [1.165, 1.54) is 10.6 Å². The second kappa shape index (κ2) is 8.43. The maximum atomic E-state index is 12.1. The lowest BCUT2D eigenvalue weighted by Crippen LogP contribution is -2.34. The Morgan fingerprint density at radius 3 is 2.58 bits per heavy atom. The summed E-state index contributed by atoms with van der Waals surface area (Å²) < 4.78 is 36.3. The summed E-state index contributed by atoms with van der Waals surface area (Å²) in [7, 11) is -0.113. The molecule has 0 saturated carbocycles. The van der Waals surface area contributed by atoms with E-state index >= 15 is 0 Å². The predicted octanol–water partition coefficient (Wildman–Crippen LogP) is 3.14. The standard InChI is InChI=1S/C21H24N4O4S2/c1-13-9-15-10-14(5-7-18(15)25(13)31(4,26)27)17-12-30-21(24-23-17)22-16-6-8-19(28-2)20(11-16)29-3/h5-8,10-11,13H,9,12H2,1-4H3,(H,22,24). The van der Waals surface area contributed by atoms with Gasteiger partial charge in [-0.05, 0) is 48.7 Å². The maximum Gasteiger partial charge on any atom is 0.232 e. The number of fused-ring (bicyclic) bond motifs is 1. The third-order valence-corrected chi connectivity index (χ3v) is 7.30. The number of nitrogens with one attached hydrogen (secondary N) is 1. The van der Waals surface area contributed by atoms with E-state index in [1.54, 1.807) is 26.0 Å². The fourth-order valence-electron chi connectivity index (χ4n) is 3.82. The van der Waals surface area contributed by atoms with Crippen LogP contribution in [0.4, 0.5) is 11.4 Å². The van der Waals surface area contributed by atoms with Crippen molar-refractivity contribution < 1.29 is 17.9 Å². The van der Waals surface area contributed by atoms with Crippen LogP contribution >= 0.6 is 11.8 Å². The van der Waals surface area contributed by atoms with Gasteiger partial charge in [0.05, 0.1) is 37.6 Å². The minimum absolute atomic E-state index is 0.0822. The summed E-state index contributed by atoms with van der Waals surface area (Å²) in [6.07, 6.45) is 1.94. The first-order valence-electron chi connectivity index (χ1n) is 9.69. The van der Waals surface area contributed by atoms with Gasteiger partial charge in [0.15, 0.2) is 16.7 Å². The largest absolute Gasteiger partial charge is 0.493 e. The SMILES string of the molecule is COc1ccc(N=C2NN=C(c3ccc4c(c3)CC(C)N4S(C)(=O)=O)CS2)cc1OC. The van der Waals surface area contributed by atoms with Crippen LogP contribution in [0, 0.1) is 0 Å². The summed E-state index contributed by atoms with van der Waals surface area (Å²) in [5.41, 5.74) is 7.40. The first kappa shape index (κ1) is 21.5. The normalized spacial score (nSPS) is 19.6. The Morgan fingerprint density at radius 2 is 1.94 bits per heavy atom. The van der Waals surface area contributed by atoms with E-state index in [0.29, 0.717) is 28.8 Å². The summed E-state index contributed by atoms with van der Waals surface area (Å²) in [6.45, 7) is 1.92. The fourth-order valence-corrected chi connectivity index (χ4v) is 5.87. The predicted molar refractivity (Wildman–Crippen MR) is 126 cm³/mol. The molecule has 0 bridgehead atoms. The van der Waals surface area contributed by atoms with E-state index in [9.17, 15) is 8.42 Å². The highest BCUT2D eigenvalue weighted by atomic mass is 32.2. The molecule has 2 aliphatic rings. The Hall–Kier alpha value is -2.72.